The van der Waals surface area contributed by atoms with Gasteiger partial charge in [-0.05, 0) is 56.5 Å². The monoisotopic (exact) mass is 252 g/mol. The fraction of sp³-hybridized carbons (Fsp3) is 1.00. The second-order valence-corrected chi connectivity index (χ2v) is 7.73. The summed E-state index contributed by atoms with van der Waals surface area (Å²) in [6.45, 7) is 12.3. The molecule has 106 valence electrons. The van der Waals surface area contributed by atoms with Crippen molar-refractivity contribution in [2.24, 2.45) is 17.3 Å². The van der Waals surface area contributed by atoms with Crippen LogP contribution in [0.25, 0.3) is 0 Å². The minimum Gasteiger partial charge on any atom is -0.315 e. The molecule has 0 spiro atoms. The zero-order chi connectivity index (χ0) is 13.3. The highest BCUT2D eigenvalue weighted by Crippen LogP contribution is 2.40. The molecule has 1 heterocycles. The maximum atomic E-state index is 3.58. The third-order valence-corrected chi connectivity index (χ3v) is 5.34. The highest BCUT2D eigenvalue weighted by atomic mass is 15.2. The van der Waals surface area contributed by atoms with Gasteiger partial charge in [-0.25, -0.2) is 0 Å². The van der Waals surface area contributed by atoms with Crippen LogP contribution in [-0.4, -0.2) is 37.1 Å². The zero-order valence-corrected chi connectivity index (χ0v) is 13.0. The first-order chi connectivity index (χ1) is 8.41. The molecule has 1 saturated heterocycles. The number of nitrogens with zero attached hydrogens (tertiary/aromatic N) is 1. The third kappa shape index (κ3) is 3.08. The number of hydrogen-bond acceptors (Lipinski definition) is 2. The molecule has 4 unspecified atom stereocenters. The molecule has 0 aromatic carbocycles. The molecule has 0 bridgehead atoms. The lowest BCUT2D eigenvalue weighted by Gasteiger charge is -2.45. The van der Waals surface area contributed by atoms with Crippen molar-refractivity contribution >= 4 is 0 Å². The number of nitrogens with one attached hydrogen (secondary N) is 1. The van der Waals surface area contributed by atoms with Crippen molar-refractivity contribution in [2.75, 3.05) is 20.1 Å². The van der Waals surface area contributed by atoms with Crippen LogP contribution in [0.3, 0.4) is 0 Å². The molecule has 2 rings (SSSR count). The highest BCUT2D eigenvalue weighted by Gasteiger charge is 2.39. The Morgan fingerprint density at radius 3 is 2.33 bits per heavy atom. The number of hydrogen-bond donors (Lipinski definition) is 1. The predicted octanol–water partition coefficient (Wildman–Crippen LogP) is 3.13. The lowest BCUT2D eigenvalue weighted by molar-refractivity contribution is 0.0721. The van der Waals surface area contributed by atoms with Crippen molar-refractivity contribution < 1.29 is 0 Å². The number of rotatable bonds is 2. The van der Waals surface area contributed by atoms with Crippen LogP contribution in [-0.2, 0) is 0 Å². The van der Waals surface area contributed by atoms with Crippen LogP contribution in [0.1, 0.15) is 53.4 Å². The largest absolute Gasteiger partial charge is 0.315 e. The lowest BCUT2D eigenvalue weighted by Crippen LogP contribution is -2.53. The molecule has 2 heteroatoms. The molecule has 18 heavy (non-hydrogen) atoms. The smallest absolute Gasteiger partial charge is 0.0252 e. The Morgan fingerprint density at radius 1 is 1.11 bits per heavy atom. The summed E-state index contributed by atoms with van der Waals surface area (Å²) in [4.78, 5) is 2.77. The van der Waals surface area contributed by atoms with Crippen LogP contribution in [0.15, 0.2) is 0 Å². The summed E-state index contributed by atoms with van der Waals surface area (Å²) in [7, 11) is 2.15. The van der Waals surface area contributed by atoms with Gasteiger partial charge in [0.05, 0.1) is 0 Å². The summed E-state index contributed by atoms with van der Waals surface area (Å²) in [6, 6.07) is 1.49. The third-order valence-electron chi connectivity index (χ3n) is 5.34. The van der Waals surface area contributed by atoms with Crippen LogP contribution < -0.4 is 5.32 Å². The van der Waals surface area contributed by atoms with Gasteiger partial charge in [-0.3, -0.25) is 4.90 Å². The topological polar surface area (TPSA) is 15.3 Å². The molecule has 1 aliphatic carbocycles. The molecule has 0 aromatic heterocycles. The van der Waals surface area contributed by atoms with E-state index in [1.165, 1.54) is 38.8 Å². The number of likely N-dealkylation sites (tertiary alicyclic amines) is 1. The molecule has 2 nitrogen and oxygen atoms in total. The van der Waals surface area contributed by atoms with Gasteiger partial charge in [0, 0.05) is 18.6 Å². The minimum atomic E-state index is 0.475. The Kier molecular flexibility index (Phi) is 4.38. The molecular formula is C16H32N2. The fourth-order valence-electron chi connectivity index (χ4n) is 3.94. The van der Waals surface area contributed by atoms with Gasteiger partial charge < -0.3 is 5.32 Å². The van der Waals surface area contributed by atoms with Gasteiger partial charge in [0.2, 0.25) is 0 Å². The summed E-state index contributed by atoms with van der Waals surface area (Å²) in [6.07, 6.45) is 5.54. The second-order valence-electron chi connectivity index (χ2n) is 7.73. The van der Waals surface area contributed by atoms with Gasteiger partial charge in [-0.2, -0.15) is 0 Å². The molecule has 1 N–H and O–H groups in total. The van der Waals surface area contributed by atoms with E-state index in [0.29, 0.717) is 11.5 Å². The van der Waals surface area contributed by atoms with E-state index in [2.05, 4.69) is 45.0 Å². The Morgan fingerprint density at radius 2 is 1.83 bits per heavy atom. The van der Waals surface area contributed by atoms with Gasteiger partial charge in [-0.15, -0.1) is 0 Å². The van der Waals surface area contributed by atoms with E-state index >= 15 is 0 Å². The zero-order valence-electron chi connectivity index (χ0n) is 13.0. The molecule has 0 aromatic rings. The van der Waals surface area contributed by atoms with Crippen LogP contribution >= 0.6 is 0 Å². The van der Waals surface area contributed by atoms with Gasteiger partial charge in [0.25, 0.3) is 0 Å². The second kappa shape index (κ2) is 5.50. The van der Waals surface area contributed by atoms with E-state index in [-0.39, 0.29) is 0 Å². The quantitative estimate of drug-likeness (QED) is 0.812. The van der Waals surface area contributed by atoms with E-state index in [0.717, 1.165) is 17.9 Å². The minimum absolute atomic E-state index is 0.475. The van der Waals surface area contributed by atoms with E-state index in [1.54, 1.807) is 0 Å². The Bertz CT molecular complexity index is 269. The highest BCUT2D eigenvalue weighted by molar-refractivity contribution is 4.95. The van der Waals surface area contributed by atoms with Crippen LogP contribution in [0.5, 0.6) is 0 Å². The molecule has 0 radical (unpaired) electrons. The van der Waals surface area contributed by atoms with Crippen molar-refractivity contribution in [1.82, 2.24) is 10.2 Å². The Balaban J connectivity index is 2.04. The average molecular weight is 252 g/mol. The molecule has 1 aliphatic heterocycles. The summed E-state index contributed by atoms with van der Waals surface area (Å²) in [5.41, 5.74) is 0.475. The summed E-state index contributed by atoms with van der Waals surface area (Å²) >= 11 is 0. The normalized spacial score (nSPS) is 39.2. The Labute approximate surface area is 114 Å². The summed E-state index contributed by atoms with van der Waals surface area (Å²) < 4.78 is 0. The first-order valence-corrected chi connectivity index (χ1v) is 7.83. The molecular weight excluding hydrogens is 220 g/mol. The van der Waals surface area contributed by atoms with Gasteiger partial charge in [-0.1, -0.05) is 27.7 Å². The number of likely N-dealkylation sites (N-methyl/N-ethyl adjacent to an activating group) is 1. The lowest BCUT2D eigenvalue weighted by atomic mass is 9.69. The SMILES string of the molecule is CNC1CCC(C(C)(C)C)CC1N1CCC(C)C1. The van der Waals surface area contributed by atoms with Crippen molar-refractivity contribution in [1.29, 1.82) is 0 Å². The Hall–Kier alpha value is -0.0800. The average Bonchev–Trinajstić information content (AvgIpc) is 2.73. The van der Waals surface area contributed by atoms with E-state index in [4.69, 9.17) is 0 Å². The van der Waals surface area contributed by atoms with E-state index in [1.807, 2.05) is 0 Å². The summed E-state index contributed by atoms with van der Waals surface area (Å²) in [5, 5.41) is 3.58. The summed E-state index contributed by atoms with van der Waals surface area (Å²) in [5.74, 6) is 1.79. The molecule has 2 aliphatic rings. The maximum absolute atomic E-state index is 3.58. The van der Waals surface area contributed by atoms with E-state index < -0.39 is 0 Å². The van der Waals surface area contributed by atoms with Gasteiger partial charge in [0.15, 0.2) is 0 Å². The first-order valence-electron chi connectivity index (χ1n) is 7.83. The predicted molar refractivity (Wildman–Crippen MR) is 78.8 cm³/mol. The fourth-order valence-corrected chi connectivity index (χ4v) is 3.94. The molecule has 2 fully saturated rings. The first kappa shape index (κ1) is 14.3. The van der Waals surface area contributed by atoms with Crippen LogP contribution in [0, 0.1) is 17.3 Å². The molecule has 1 saturated carbocycles. The molecule has 4 atom stereocenters. The maximum Gasteiger partial charge on any atom is 0.0252 e. The van der Waals surface area contributed by atoms with Crippen LogP contribution in [0.4, 0.5) is 0 Å². The standard InChI is InChI=1S/C16H32N2/c1-12-8-9-18(11-12)15-10-13(16(2,3)4)6-7-14(15)17-5/h12-15,17H,6-11H2,1-5H3. The van der Waals surface area contributed by atoms with Crippen molar-refractivity contribution in [3.8, 4) is 0 Å². The van der Waals surface area contributed by atoms with Gasteiger partial charge >= 0.3 is 0 Å². The van der Waals surface area contributed by atoms with E-state index in [9.17, 15) is 0 Å². The van der Waals surface area contributed by atoms with Crippen molar-refractivity contribution in [3.05, 3.63) is 0 Å². The molecule has 0 amide bonds. The van der Waals surface area contributed by atoms with Crippen LogP contribution in [0.2, 0.25) is 0 Å². The van der Waals surface area contributed by atoms with Crippen molar-refractivity contribution in [3.63, 3.8) is 0 Å². The van der Waals surface area contributed by atoms with Gasteiger partial charge in [0.1, 0.15) is 0 Å². The van der Waals surface area contributed by atoms with Crippen molar-refractivity contribution in [2.45, 2.75) is 65.5 Å².